The standard InChI is InChI=1S/C69H93O16P/c1-43(2)55-34-31-52(25-19-37-77-64(70)46(7)8)58(28-22-40-80-67(73)49(13)14)61(55)83-86(76,84-62-56(44(3)4)35-32-53(26-20-38-78-65(71)47(9)10)59(62)29-23-41-81-68(74)50(15)16)85-63-57(45(5)6)36-33-54(27-21-39-79-66(72)48(11)12)60(63)30-24-42-82-69(75)51(17)18/h31-36,43-45H,7,9,11,13,15,17,19-30,37-42H2,1-6,8,10,12,14,16,18H3. The van der Waals surface area contributed by atoms with Gasteiger partial charge in [-0.05, 0) is 186 Å². The van der Waals surface area contributed by atoms with E-state index in [-0.39, 0.29) is 127 Å². The molecule has 0 aliphatic carbocycles. The van der Waals surface area contributed by atoms with Crippen molar-refractivity contribution < 1.29 is 75.3 Å². The Morgan fingerprint density at radius 1 is 0.337 bits per heavy atom. The van der Waals surface area contributed by atoms with Gasteiger partial charge in [0.1, 0.15) is 17.2 Å². The van der Waals surface area contributed by atoms with Crippen molar-refractivity contribution in [2.45, 2.75) is 178 Å². The molecule has 0 atom stereocenters. The highest BCUT2D eigenvalue weighted by Crippen LogP contribution is 2.56. The average Bonchev–Trinajstić information content (AvgIpc) is 2.37. The van der Waals surface area contributed by atoms with Crippen LogP contribution in [0.3, 0.4) is 0 Å². The first kappa shape index (κ1) is 72.8. The molecule has 0 saturated carbocycles. The molecule has 0 spiro atoms. The number of hydrogen-bond acceptors (Lipinski definition) is 16. The van der Waals surface area contributed by atoms with Gasteiger partial charge in [0, 0.05) is 33.4 Å². The number of carbonyl (C=O) groups excluding carboxylic acids is 6. The van der Waals surface area contributed by atoms with Crippen molar-refractivity contribution in [3.63, 3.8) is 0 Å². The summed E-state index contributed by atoms with van der Waals surface area (Å²) < 4.78 is 72.1. The van der Waals surface area contributed by atoms with Crippen LogP contribution in [-0.2, 0) is 100 Å². The third-order valence-electron chi connectivity index (χ3n) is 13.6. The number of benzene rings is 3. The molecule has 0 heterocycles. The Labute approximate surface area is 511 Å². The maximum Gasteiger partial charge on any atom is 0.647 e. The van der Waals surface area contributed by atoms with E-state index in [1.807, 2.05) is 77.9 Å². The lowest BCUT2D eigenvalue weighted by Crippen LogP contribution is -2.17. The Hall–Kier alpha value is -7.45. The summed E-state index contributed by atoms with van der Waals surface area (Å²) in [6.45, 7) is 43.8. The van der Waals surface area contributed by atoms with E-state index in [2.05, 4.69) is 39.5 Å². The first-order chi connectivity index (χ1) is 40.5. The van der Waals surface area contributed by atoms with E-state index in [1.165, 1.54) is 0 Å². The monoisotopic (exact) mass is 1210 g/mol. The van der Waals surface area contributed by atoms with Crippen LogP contribution in [0.1, 0.15) is 189 Å². The van der Waals surface area contributed by atoms with E-state index < -0.39 is 43.6 Å². The van der Waals surface area contributed by atoms with Gasteiger partial charge in [0.05, 0.1) is 39.6 Å². The molecule has 0 saturated heterocycles. The van der Waals surface area contributed by atoms with Crippen LogP contribution in [0.5, 0.6) is 17.2 Å². The number of hydrogen-bond donors (Lipinski definition) is 0. The molecule has 0 aromatic heterocycles. The Bertz CT molecular complexity index is 2710. The van der Waals surface area contributed by atoms with Crippen LogP contribution in [0.15, 0.2) is 109 Å². The van der Waals surface area contributed by atoms with E-state index in [9.17, 15) is 28.8 Å². The average molecular weight is 1210 g/mol. The predicted octanol–water partition coefficient (Wildman–Crippen LogP) is 15.0. The van der Waals surface area contributed by atoms with Crippen LogP contribution in [0.4, 0.5) is 0 Å². The quantitative estimate of drug-likeness (QED) is 0.0171. The maximum absolute atomic E-state index is 17.2. The molecule has 3 aromatic rings. The van der Waals surface area contributed by atoms with Gasteiger partial charge in [-0.1, -0.05) is 117 Å². The molecule has 0 radical (unpaired) electrons. The second-order valence-electron chi connectivity index (χ2n) is 22.7. The van der Waals surface area contributed by atoms with Gasteiger partial charge in [-0.15, -0.1) is 0 Å². The lowest BCUT2D eigenvalue weighted by molar-refractivity contribution is -0.139. The molecule has 17 heteroatoms. The van der Waals surface area contributed by atoms with Gasteiger partial charge in [0.15, 0.2) is 0 Å². The smallest absolute Gasteiger partial charge is 0.462 e. The van der Waals surface area contributed by atoms with E-state index in [1.54, 1.807) is 41.5 Å². The first-order valence-electron chi connectivity index (χ1n) is 29.6. The van der Waals surface area contributed by atoms with E-state index in [0.717, 1.165) is 16.7 Å². The van der Waals surface area contributed by atoms with Gasteiger partial charge >= 0.3 is 43.6 Å². The first-order valence-corrected chi connectivity index (χ1v) is 31.0. The second kappa shape index (κ2) is 35.9. The molecule has 0 fully saturated rings. The molecule has 0 N–H and O–H groups in total. The van der Waals surface area contributed by atoms with Crippen molar-refractivity contribution in [2.75, 3.05) is 39.6 Å². The summed E-state index contributed by atoms with van der Waals surface area (Å²) in [5, 5.41) is 0. The fraction of sp³-hybridized carbons (Fsp3) is 0.478. The number of carbonyl (C=O) groups is 6. The van der Waals surface area contributed by atoms with Gasteiger partial charge in [-0.3, -0.25) is 0 Å². The third kappa shape index (κ3) is 23.4. The minimum absolute atomic E-state index is 0.0152. The predicted molar refractivity (Wildman–Crippen MR) is 336 cm³/mol. The Morgan fingerprint density at radius 3 is 0.698 bits per heavy atom. The van der Waals surface area contributed by atoms with Crippen molar-refractivity contribution in [1.82, 2.24) is 0 Å². The Balaban J connectivity index is 2.58. The summed E-state index contributed by atoms with van der Waals surface area (Å²) in [5.41, 5.74) is 7.69. The summed E-state index contributed by atoms with van der Waals surface area (Å²) in [6, 6.07) is 11.6. The number of rotatable bonds is 39. The zero-order chi connectivity index (χ0) is 64.4. The molecule has 0 aliphatic rings. The number of ether oxygens (including phenoxy) is 6. The van der Waals surface area contributed by atoms with E-state index >= 15 is 4.57 Å². The van der Waals surface area contributed by atoms with Crippen molar-refractivity contribution in [1.29, 1.82) is 0 Å². The van der Waals surface area contributed by atoms with Crippen LogP contribution in [0.25, 0.3) is 0 Å². The molecule has 3 rings (SSSR count). The number of phosphoric ester groups is 1. The summed E-state index contributed by atoms with van der Waals surface area (Å²) in [4.78, 5) is 75.5. The minimum Gasteiger partial charge on any atom is -0.462 e. The van der Waals surface area contributed by atoms with Crippen molar-refractivity contribution in [3.05, 3.63) is 159 Å². The molecule has 16 nitrogen and oxygen atoms in total. The molecule has 0 amide bonds. The zero-order valence-electron chi connectivity index (χ0n) is 53.1. The van der Waals surface area contributed by atoms with Gasteiger partial charge < -0.3 is 42.0 Å². The summed E-state index contributed by atoms with van der Waals surface area (Å²) in [7, 11) is -5.12. The third-order valence-corrected chi connectivity index (χ3v) is 14.8. The SMILES string of the molecule is C=C(C)C(=O)OCCCc1ccc(C(C)C)c(OP(=O)(Oc2c(C(C)C)ccc(CCCOC(=O)C(=C)C)c2CCCOC(=O)C(=C)C)Oc2c(C(C)C)ccc(CCCOC(=O)C(=C)C)c2CCCOC(=O)C(=C)C)c1CCCOC(=O)C(=C)C. The number of esters is 6. The number of aryl methyl sites for hydroxylation is 3. The molecule has 3 aromatic carbocycles. The minimum atomic E-state index is -5.12. The Kier molecular flexibility index (Phi) is 30.4. The topological polar surface area (TPSA) is 203 Å². The van der Waals surface area contributed by atoms with E-state index in [0.29, 0.717) is 91.2 Å². The largest absolute Gasteiger partial charge is 0.647 e. The maximum atomic E-state index is 17.2. The van der Waals surface area contributed by atoms with Crippen molar-refractivity contribution in [2.24, 2.45) is 0 Å². The highest BCUT2D eigenvalue weighted by Gasteiger charge is 2.40. The molecule has 0 aliphatic heterocycles. The fourth-order valence-electron chi connectivity index (χ4n) is 8.93. The highest BCUT2D eigenvalue weighted by molar-refractivity contribution is 7.49. The van der Waals surface area contributed by atoms with Crippen molar-refractivity contribution >= 4 is 43.6 Å². The van der Waals surface area contributed by atoms with Gasteiger partial charge in [0.2, 0.25) is 0 Å². The van der Waals surface area contributed by atoms with Crippen LogP contribution in [0, 0.1) is 0 Å². The van der Waals surface area contributed by atoms with Crippen LogP contribution < -0.4 is 13.6 Å². The summed E-state index contributed by atoms with van der Waals surface area (Å²) in [5.74, 6) is -3.27. The van der Waals surface area contributed by atoms with Crippen LogP contribution in [-0.4, -0.2) is 75.5 Å². The molecule has 470 valence electrons. The van der Waals surface area contributed by atoms with Crippen LogP contribution >= 0.6 is 7.82 Å². The van der Waals surface area contributed by atoms with Crippen molar-refractivity contribution in [3.8, 4) is 17.2 Å². The molecular formula is C69H93O16P. The summed E-state index contributed by atoms with van der Waals surface area (Å²) in [6.07, 6.45) is 4.03. The van der Waals surface area contributed by atoms with E-state index in [4.69, 9.17) is 42.0 Å². The summed E-state index contributed by atoms with van der Waals surface area (Å²) >= 11 is 0. The Morgan fingerprint density at radius 2 is 0.523 bits per heavy atom. The van der Waals surface area contributed by atoms with Gasteiger partial charge in [-0.25, -0.2) is 28.8 Å². The molecule has 86 heavy (non-hydrogen) atoms. The normalized spacial score (nSPS) is 11.2. The second-order valence-corrected chi connectivity index (χ2v) is 24.1. The highest BCUT2D eigenvalue weighted by atomic mass is 31.2. The molecular weight excluding hydrogens is 1120 g/mol. The lowest BCUT2D eigenvalue weighted by atomic mass is 9.91. The fourth-order valence-corrected chi connectivity index (χ4v) is 10.4. The van der Waals surface area contributed by atoms with Crippen LogP contribution in [0.2, 0.25) is 0 Å². The van der Waals surface area contributed by atoms with Gasteiger partial charge in [-0.2, -0.15) is 4.57 Å². The molecule has 0 unspecified atom stereocenters. The zero-order valence-corrected chi connectivity index (χ0v) is 54.0. The number of phosphoric acid groups is 1. The molecule has 0 bridgehead atoms. The van der Waals surface area contributed by atoms with Gasteiger partial charge in [0.25, 0.3) is 0 Å². The lowest BCUT2D eigenvalue weighted by Gasteiger charge is -2.29.